The molecule has 11 nitrogen and oxygen atoms in total. The van der Waals surface area contributed by atoms with E-state index < -0.39 is 24.0 Å². The molecule has 0 saturated carbocycles. The van der Waals surface area contributed by atoms with Gasteiger partial charge in [0.05, 0.1) is 42.5 Å². The van der Waals surface area contributed by atoms with Gasteiger partial charge in [-0.2, -0.15) is 0 Å². The molecule has 51 heavy (non-hydrogen) atoms. The van der Waals surface area contributed by atoms with E-state index in [-0.39, 0.29) is 59.5 Å². The van der Waals surface area contributed by atoms with Crippen molar-refractivity contribution in [3.8, 4) is 0 Å². The largest absolute Gasteiger partial charge is 0.399 e. The second-order valence-corrected chi connectivity index (χ2v) is 16.4. The van der Waals surface area contributed by atoms with Gasteiger partial charge in [-0.25, -0.2) is 0 Å². The van der Waals surface area contributed by atoms with Crippen LogP contribution in [0.5, 0.6) is 0 Å². The molecular formula is C40H72N6O5. The van der Waals surface area contributed by atoms with E-state index in [2.05, 4.69) is 46.4 Å². The smallest absolute Gasteiger partial charge is 0.227 e. The van der Waals surface area contributed by atoms with Gasteiger partial charge in [0, 0.05) is 59.7 Å². The Kier molecular flexibility index (Phi) is 17.4. The van der Waals surface area contributed by atoms with Crippen LogP contribution in [0.2, 0.25) is 0 Å². The summed E-state index contributed by atoms with van der Waals surface area (Å²) in [5.41, 5.74) is 14.3. The number of nitrogen functional groups attached to an aromatic ring is 1. The van der Waals surface area contributed by atoms with E-state index in [1.165, 1.54) is 0 Å². The van der Waals surface area contributed by atoms with Crippen molar-refractivity contribution in [2.75, 3.05) is 67.8 Å². The molecule has 1 aromatic carbocycles. The van der Waals surface area contributed by atoms with Crippen molar-refractivity contribution in [3.05, 3.63) is 29.8 Å². The predicted molar refractivity (Wildman–Crippen MR) is 207 cm³/mol. The van der Waals surface area contributed by atoms with Crippen molar-refractivity contribution < 1.29 is 23.9 Å². The van der Waals surface area contributed by atoms with E-state index in [0.29, 0.717) is 25.2 Å². The summed E-state index contributed by atoms with van der Waals surface area (Å²) < 4.78 is 12.1. The Hall–Kier alpha value is -2.73. The molecule has 11 heteroatoms. The molecule has 1 aliphatic rings. The maximum atomic E-state index is 14.4. The standard InChI is InChI=1S/C40H72N6O5/c1-14-27(4)35(45(11)39(49)34(26(2)3)37(42)40(6,7)25-43(8)9)32(50-12)24-33(47)46-21-16-19-31(46)36(51-13)28(5)38(48)44(10)22-20-29-17-15-18-30(41)23-29/h15,17-18,23,26-28,31-32,34-37H,14,16,19-22,24-25,41-42H2,1-13H3/t27-,28+,31-,32+,34-,35-,36+,37?/m0/s1. The summed E-state index contributed by atoms with van der Waals surface area (Å²) in [4.78, 5) is 49.8. The summed E-state index contributed by atoms with van der Waals surface area (Å²) in [6, 6.07) is 6.76. The van der Waals surface area contributed by atoms with Gasteiger partial charge in [-0.1, -0.05) is 67.0 Å². The first kappa shape index (κ1) is 44.4. The number of likely N-dealkylation sites (N-methyl/N-ethyl adjacent to an activating group) is 2. The number of methoxy groups -OCH3 is 2. The minimum atomic E-state index is -0.528. The van der Waals surface area contributed by atoms with E-state index in [0.717, 1.165) is 31.4 Å². The highest BCUT2D eigenvalue weighted by atomic mass is 16.5. The number of nitrogens with zero attached hydrogens (tertiary/aromatic N) is 4. The van der Waals surface area contributed by atoms with Crippen LogP contribution in [0.1, 0.15) is 79.7 Å². The van der Waals surface area contributed by atoms with Gasteiger partial charge >= 0.3 is 0 Å². The first-order valence-electron chi connectivity index (χ1n) is 18.9. The fourth-order valence-electron chi connectivity index (χ4n) is 8.30. The van der Waals surface area contributed by atoms with Crippen LogP contribution >= 0.6 is 0 Å². The van der Waals surface area contributed by atoms with Gasteiger partial charge < -0.3 is 40.5 Å². The zero-order valence-electron chi connectivity index (χ0n) is 34.1. The lowest BCUT2D eigenvalue weighted by Gasteiger charge is -2.44. The monoisotopic (exact) mass is 717 g/mol. The van der Waals surface area contributed by atoms with Crippen molar-refractivity contribution in [2.45, 2.75) is 111 Å². The number of carbonyl (C=O) groups is 3. The lowest BCUT2D eigenvalue weighted by atomic mass is 9.72. The Balaban J connectivity index is 2.26. The fourth-order valence-corrected chi connectivity index (χ4v) is 8.30. The van der Waals surface area contributed by atoms with Crippen molar-refractivity contribution in [3.63, 3.8) is 0 Å². The van der Waals surface area contributed by atoms with Gasteiger partial charge in [0.15, 0.2) is 0 Å². The molecule has 8 atom stereocenters. The molecule has 0 spiro atoms. The van der Waals surface area contributed by atoms with Crippen molar-refractivity contribution >= 4 is 23.4 Å². The Morgan fingerprint density at radius 2 is 1.67 bits per heavy atom. The molecule has 1 heterocycles. The lowest BCUT2D eigenvalue weighted by Crippen LogP contribution is -2.58. The van der Waals surface area contributed by atoms with Crippen LogP contribution in [0.3, 0.4) is 0 Å². The number of nitrogens with two attached hydrogens (primary N) is 2. The molecule has 1 fully saturated rings. The quantitative estimate of drug-likeness (QED) is 0.190. The molecule has 292 valence electrons. The van der Waals surface area contributed by atoms with Crippen molar-refractivity contribution in [1.29, 1.82) is 0 Å². The highest BCUT2D eigenvalue weighted by Crippen LogP contribution is 2.34. The van der Waals surface area contributed by atoms with Crippen molar-refractivity contribution in [1.82, 2.24) is 19.6 Å². The molecule has 0 aliphatic carbocycles. The van der Waals surface area contributed by atoms with Crippen LogP contribution in [0.15, 0.2) is 24.3 Å². The molecule has 0 aromatic heterocycles. The number of amides is 3. The number of rotatable bonds is 20. The first-order valence-corrected chi connectivity index (χ1v) is 18.9. The minimum Gasteiger partial charge on any atom is -0.399 e. The Labute approximate surface area is 309 Å². The second kappa shape index (κ2) is 19.9. The average Bonchev–Trinajstić information content (AvgIpc) is 3.55. The maximum absolute atomic E-state index is 14.4. The summed E-state index contributed by atoms with van der Waals surface area (Å²) in [7, 11) is 10.9. The number of benzene rings is 1. The van der Waals surface area contributed by atoms with E-state index >= 15 is 0 Å². The van der Waals surface area contributed by atoms with E-state index in [9.17, 15) is 14.4 Å². The van der Waals surface area contributed by atoms with Crippen LogP contribution in [0, 0.1) is 29.1 Å². The van der Waals surface area contributed by atoms with Crippen molar-refractivity contribution in [2.24, 2.45) is 34.8 Å². The third kappa shape index (κ3) is 11.6. The lowest BCUT2D eigenvalue weighted by molar-refractivity contribution is -0.150. The van der Waals surface area contributed by atoms with Gasteiger partial charge in [0.2, 0.25) is 17.7 Å². The maximum Gasteiger partial charge on any atom is 0.227 e. The molecule has 0 bridgehead atoms. The first-order chi connectivity index (χ1) is 23.8. The number of likely N-dealkylation sites (tertiary alicyclic amines) is 1. The Bertz CT molecular complexity index is 1260. The molecule has 0 radical (unpaired) electrons. The number of anilines is 1. The fraction of sp³-hybridized carbons (Fsp3) is 0.775. The van der Waals surface area contributed by atoms with E-state index in [1.54, 1.807) is 19.1 Å². The van der Waals surface area contributed by atoms with Crippen LogP contribution in [-0.2, 0) is 30.3 Å². The topological polar surface area (TPSA) is 135 Å². The summed E-state index contributed by atoms with van der Waals surface area (Å²) in [5, 5.41) is 0. The van der Waals surface area contributed by atoms with Gasteiger partial charge in [-0.15, -0.1) is 0 Å². The van der Waals surface area contributed by atoms with Gasteiger partial charge in [-0.3, -0.25) is 14.4 Å². The summed E-state index contributed by atoms with van der Waals surface area (Å²) in [6.45, 7) is 16.3. The zero-order chi connectivity index (χ0) is 38.8. The molecule has 4 N–H and O–H groups in total. The van der Waals surface area contributed by atoms with E-state index in [4.69, 9.17) is 20.9 Å². The van der Waals surface area contributed by atoms with E-state index in [1.807, 2.05) is 69.2 Å². The molecular weight excluding hydrogens is 644 g/mol. The van der Waals surface area contributed by atoms with Gasteiger partial charge in [0.1, 0.15) is 0 Å². The number of ether oxygens (including phenoxy) is 2. The second-order valence-electron chi connectivity index (χ2n) is 16.4. The van der Waals surface area contributed by atoms with Crippen LogP contribution in [-0.4, -0.2) is 130 Å². The third-order valence-electron chi connectivity index (χ3n) is 11.3. The van der Waals surface area contributed by atoms with Crippen LogP contribution in [0.4, 0.5) is 5.69 Å². The minimum absolute atomic E-state index is 0.0187. The third-order valence-corrected chi connectivity index (χ3v) is 11.3. The average molecular weight is 717 g/mol. The number of hydrogen-bond acceptors (Lipinski definition) is 8. The van der Waals surface area contributed by atoms with Crippen LogP contribution < -0.4 is 11.5 Å². The molecule has 3 amide bonds. The van der Waals surface area contributed by atoms with Crippen LogP contribution in [0.25, 0.3) is 0 Å². The Morgan fingerprint density at radius 1 is 1.02 bits per heavy atom. The SMILES string of the molecule is CC[C@H](C)[C@@H]([C@@H](CC(=O)N1CCC[C@H]1[C@H](OC)[C@@H](C)C(=O)N(C)CCc1cccc(N)c1)OC)N(C)C(=O)[C@@H](C(C)C)C(N)C(C)(C)CN(C)C. The molecule has 1 unspecified atom stereocenters. The molecule has 1 aromatic rings. The van der Waals surface area contributed by atoms with Gasteiger partial charge in [-0.05, 0) is 68.3 Å². The number of carbonyl (C=O) groups excluding carboxylic acids is 3. The highest BCUT2D eigenvalue weighted by molar-refractivity contribution is 5.81. The predicted octanol–water partition coefficient (Wildman–Crippen LogP) is 4.38. The summed E-state index contributed by atoms with van der Waals surface area (Å²) in [6.07, 6.45) is 2.19. The zero-order valence-corrected chi connectivity index (χ0v) is 34.1. The molecule has 1 saturated heterocycles. The van der Waals surface area contributed by atoms with Gasteiger partial charge in [0.25, 0.3) is 0 Å². The normalized spacial score (nSPS) is 19.4. The number of hydrogen-bond donors (Lipinski definition) is 2. The summed E-state index contributed by atoms with van der Waals surface area (Å²) >= 11 is 0. The summed E-state index contributed by atoms with van der Waals surface area (Å²) in [5.74, 6) is -0.871. The molecule has 2 rings (SSSR count). The highest BCUT2D eigenvalue weighted by Gasteiger charge is 2.45. The molecule has 1 aliphatic heterocycles. The Morgan fingerprint density at radius 3 is 2.20 bits per heavy atom.